The molecule has 1 heterocycles. The smallest absolute Gasteiger partial charge is 0.251 e. The molecule has 0 bridgehead atoms. The summed E-state index contributed by atoms with van der Waals surface area (Å²) in [5.41, 5.74) is 1.19. The van der Waals surface area contributed by atoms with Crippen molar-refractivity contribution in [1.29, 1.82) is 0 Å². The minimum absolute atomic E-state index is 0. The molecule has 26 heavy (non-hydrogen) atoms. The molecule has 0 unspecified atom stereocenters. The van der Waals surface area contributed by atoms with Gasteiger partial charge in [0.25, 0.3) is 11.8 Å². The van der Waals surface area contributed by atoms with E-state index in [9.17, 15) is 9.59 Å². The van der Waals surface area contributed by atoms with Crippen LogP contribution in [0.1, 0.15) is 41.5 Å². The van der Waals surface area contributed by atoms with Gasteiger partial charge >= 0.3 is 0 Å². The third kappa shape index (κ3) is 7.72. The van der Waals surface area contributed by atoms with Gasteiger partial charge in [-0.25, -0.2) is 0 Å². The van der Waals surface area contributed by atoms with E-state index in [2.05, 4.69) is 41.6 Å². The van der Waals surface area contributed by atoms with Crippen LogP contribution in [0.4, 0.5) is 0 Å². The average molecular weight is 383 g/mol. The summed E-state index contributed by atoms with van der Waals surface area (Å²) in [6, 6.07) is 6.80. The zero-order chi connectivity index (χ0) is 18.3. The van der Waals surface area contributed by atoms with Crippen LogP contribution in [0.25, 0.3) is 0 Å². The fraction of sp³-hybridized carbons (Fsp3) is 0.579. The summed E-state index contributed by atoms with van der Waals surface area (Å²) in [6.45, 7) is 12.4. The zero-order valence-electron chi connectivity index (χ0n) is 15.9. The van der Waals surface area contributed by atoms with E-state index < -0.39 is 0 Å². The van der Waals surface area contributed by atoms with E-state index in [1.165, 1.54) is 0 Å². The van der Waals surface area contributed by atoms with Crippen LogP contribution in [0.2, 0.25) is 0 Å². The molecule has 2 amide bonds. The number of nitrogens with zero attached hydrogens (tertiary/aromatic N) is 1. The number of benzene rings is 1. The maximum atomic E-state index is 12.2. The van der Waals surface area contributed by atoms with Crippen molar-refractivity contribution in [2.45, 2.75) is 20.8 Å². The molecule has 0 spiro atoms. The third-order valence-electron chi connectivity index (χ3n) is 4.11. The first-order chi connectivity index (χ1) is 11.8. The summed E-state index contributed by atoms with van der Waals surface area (Å²) in [7, 11) is 0. The number of nitrogens with one attached hydrogen (secondary N) is 3. The van der Waals surface area contributed by atoms with E-state index in [0.29, 0.717) is 24.2 Å². The van der Waals surface area contributed by atoms with Crippen molar-refractivity contribution in [3.05, 3.63) is 35.4 Å². The lowest BCUT2D eigenvalue weighted by atomic mass is 9.97. The van der Waals surface area contributed by atoms with Gasteiger partial charge in [-0.05, 0) is 29.7 Å². The monoisotopic (exact) mass is 382 g/mol. The summed E-state index contributed by atoms with van der Waals surface area (Å²) in [4.78, 5) is 26.6. The van der Waals surface area contributed by atoms with E-state index in [0.717, 1.165) is 32.7 Å². The van der Waals surface area contributed by atoms with Gasteiger partial charge in [0.2, 0.25) is 0 Å². The van der Waals surface area contributed by atoms with Crippen LogP contribution in [0.15, 0.2) is 24.3 Å². The highest BCUT2D eigenvalue weighted by molar-refractivity contribution is 5.97. The van der Waals surface area contributed by atoms with Gasteiger partial charge in [-0.3, -0.25) is 14.5 Å². The van der Waals surface area contributed by atoms with Crippen LogP contribution in [-0.2, 0) is 0 Å². The van der Waals surface area contributed by atoms with Crippen LogP contribution in [0.5, 0.6) is 0 Å². The van der Waals surface area contributed by atoms with Crippen molar-refractivity contribution >= 4 is 24.2 Å². The molecule has 1 aliphatic heterocycles. The molecule has 6 nitrogen and oxygen atoms in total. The number of amides is 2. The lowest BCUT2D eigenvalue weighted by Crippen LogP contribution is -2.46. The summed E-state index contributed by atoms with van der Waals surface area (Å²) >= 11 is 0. The van der Waals surface area contributed by atoms with E-state index in [4.69, 9.17) is 0 Å². The fourth-order valence-corrected chi connectivity index (χ4v) is 2.58. The molecule has 0 saturated carbocycles. The van der Waals surface area contributed by atoms with Crippen LogP contribution in [0, 0.1) is 5.41 Å². The molecule has 0 aromatic heterocycles. The normalized spacial score (nSPS) is 15.0. The van der Waals surface area contributed by atoms with Gasteiger partial charge < -0.3 is 16.0 Å². The predicted molar refractivity (Wildman–Crippen MR) is 107 cm³/mol. The Kier molecular flexibility index (Phi) is 9.05. The number of hydrogen-bond acceptors (Lipinski definition) is 4. The Bertz CT molecular complexity index is 578. The molecular formula is C19H31ClN4O2. The summed E-state index contributed by atoms with van der Waals surface area (Å²) in [5, 5.41) is 9.16. The molecule has 1 aliphatic rings. The summed E-state index contributed by atoms with van der Waals surface area (Å²) in [6.07, 6.45) is 0. The maximum Gasteiger partial charge on any atom is 0.251 e. The fourth-order valence-electron chi connectivity index (χ4n) is 2.58. The molecule has 0 atom stereocenters. The quantitative estimate of drug-likeness (QED) is 0.697. The van der Waals surface area contributed by atoms with E-state index in [1.54, 1.807) is 24.3 Å². The zero-order valence-corrected chi connectivity index (χ0v) is 16.7. The lowest BCUT2D eigenvalue weighted by molar-refractivity contribution is 0.0931. The molecule has 1 aromatic rings. The number of carbonyl (C=O) groups is 2. The van der Waals surface area contributed by atoms with Gasteiger partial charge in [0.1, 0.15) is 0 Å². The van der Waals surface area contributed by atoms with Crippen molar-refractivity contribution in [2.75, 3.05) is 45.8 Å². The number of rotatable bonds is 6. The van der Waals surface area contributed by atoms with Crippen molar-refractivity contribution in [3.8, 4) is 0 Å². The summed E-state index contributed by atoms with van der Waals surface area (Å²) < 4.78 is 0. The highest BCUT2D eigenvalue weighted by Gasteiger charge is 2.14. The number of halogens is 1. The first kappa shape index (κ1) is 22.4. The summed E-state index contributed by atoms with van der Waals surface area (Å²) in [5.74, 6) is -0.211. The predicted octanol–water partition coefficient (Wildman–Crippen LogP) is 1.52. The largest absolute Gasteiger partial charge is 0.352 e. The minimum Gasteiger partial charge on any atom is -0.352 e. The van der Waals surface area contributed by atoms with Gasteiger partial charge in [0.15, 0.2) is 0 Å². The molecule has 0 aliphatic carbocycles. The van der Waals surface area contributed by atoms with E-state index in [-0.39, 0.29) is 29.6 Å². The van der Waals surface area contributed by atoms with Gasteiger partial charge in [-0.1, -0.05) is 20.8 Å². The first-order valence-corrected chi connectivity index (χ1v) is 8.95. The highest BCUT2D eigenvalue weighted by atomic mass is 35.5. The second-order valence-corrected chi connectivity index (χ2v) is 7.67. The second-order valence-electron chi connectivity index (χ2n) is 7.67. The Morgan fingerprint density at radius 3 is 2.00 bits per heavy atom. The van der Waals surface area contributed by atoms with Crippen molar-refractivity contribution in [2.24, 2.45) is 5.41 Å². The topological polar surface area (TPSA) is 73.5 Å². The van der Waals surface area contributed by atoms with Crippen LogP contribution in [0.3, 0.4) is 0 Å². The van der Waals surface area contributed by atoms with Gasteiger partial charge in [0.05, 0.1) is 0 Å². The number of piperazine rings is 1. The highest BCUT2D eigenvalue weighted by Crippen LogP contribution is 2.11. The molecule has 3 N–H and O–H groups in total. The maximum absolute atomic E-state index is 12.2. The molecule has 0 radical (unpaired) electrons. The molecular weight excluding hydrogens is 352 g/mol. The van der Waals surface area contributed by atoms with Gasteiger partial charge in [0, 0.05) is 56.9 Å². The molecule has 1 saturated heterocycles. The van der Waals surface area contributed by atoms with E-state index in [1.807, 2.05) is 0 Å². The Morgan fingerprint density at radius 2 is 1.50 bits per heavy atom. The van der Waals surface area contributed by atoms with Crippen molar-refractivity contribution < 1.29 is 9.59 Å². The minimum atomic E-state index is -0.111. The molecule has 7 heteroatoms. The van der Waals surface area contributed by atoms with Gasteiger partial charge in [-0.15, -0.1) is 12.4 Å². The molecule has 2 rings (SSSR count). The second kappa shape index (κ2) is 10.5. The van der Waals surface area contributed by atoms with Crippen molar-refractivity contribution in [1.82, 2.24) is 20.9 Å². The number of hydrogen-bond donors (Lipinski definition) is 3. The van der Waals surface area contributed by atoms with Crippen LogP contribution < -0.4 is 16.0 Å². The standard InChI is InChI=1S/C19H30N4O2.ClH/c1-19(2,3)14-22-18(25)16-6-4-15(5-7-16)17(24)21-10-13-23-11-8-20-9-12-23;/h4-7,20H,8-14H2,1-3H3,(H,21,24)(H,22,25);1H. The Balaban J connectivity index is 0.00000338. The lowest BCUT2D eigenvalue weighted by Gasteiger charge is -2.27. The number of carbonyl (C=O) groups excluding carboxylic acids is 2. The Labute approximate surface area is 162 Å². The van der Waals surface area contributed by atoms with Crippen LogP contribution >= 0.6 is 12.4 Å². The van der Waals surface area contributed by atoms with Crippen LogP contribution in [-0.4, -0.2) is 62.5 Å². The Hall–Kier alpha value is -1.63. The van der Waals surface area contributed by atoms with Gasteiger partial charge in [-0.2, -0.15) is 0 Å². The Morgan fingerprint density at radius 1 is 1.00 bits per heavy atom. The average Bonchev–Trinajstić information content (AvgIpc) is 2.60. The van der Waals surface area contributed by atoms with E-state index >= 15 is 0 Å². The third-order valence-corrected chi connectivity index (χ3v) is 4.11. The molecule has 1 fully saturated rings. The van der Waals surface area contributed by atoms with Crippen molar-refractivity contribution in [3.63, 3.8) is 0 Å². The molecule has 1 aromatic carbocycles. The molecule has 146 valence electrons. The SMILES string of the molecule is CC(C)(C)CNC(=O)c1ccc(C(=O)NCCN2CCNCC2)cc1.Cl. The first-order valence-electron chi connectivity index (χ1n) is 8.95.